The quantitative estimate of drug-likeness (QED) is 0.500. The van der Waals surface area contributed by atoms with Crippen LogP contribution in [0.5, 0.6) is 0 Å². The topological polar surface area (TPSA) is 88.0 Å². The third kappa shape index (κ3) is 5.71. The van der Waals surface area contributed by atoms with Crippen LogP contribution in [0, 0.1) is 5.82 Å². The van der Waals surface area contributed by atoms with Crippen LogP contribution in [0.1, 0.15) is 37.4 Å². The molecule has 1 aliphatic rings. The first-order valence-electron chi connectivity index (χ1n) is 11.5. The molecule has 1 unspecified atom stereocenters. The summed E-state index contributed by atoms with van der Waals surface area (Å²) < 4.78 is 49.2. The Morgan fingerprint density at radius 1 is 1.00 bits per heavy atom. The van der Waals surface area contributed by atoms with E-state index in [-0.39, 0.29) is 31.0 Å². The van der Waals surface area contributed by atoms with E-state index in [9.17, 15) is 17.9 Å². The zero-order valence-electron chi connectivity index (χ0n) is 19.7. The Kier molecular flexibility index (Phi) is 7.23. The fourth-order valence-electron chi connectivity index (χ4n) is 4.29. The van der Waals surface area contributed by atoms with E-state index >= 15 is 0 Å². The van der Waals surface area contributed by atoms with Gasteiger partial charge in [0, 0.05) is 12.2 Å². The van der Waals surface area contributed by atoms with E-state index < -0.39 is 32.7 Å². The molecule has 2 atom stereocenters. The number of halogens is 1. The van der Waals surface area contributed by atoms with Gasteiger partial charge in [0.15, 0.2) is 0 Å². The summed E-state index contributed by atoms with van der Waals surface area (Å²) in [6, 6.07) is 22.8. The van der Waals surface area contributed by atoms with Gasteiger partial charge in [0.05, 0.1) is 6.04 Å². The number of sulfonamides is 1. The van der Waals surface area contributed by atoms with Gasteiger partial charge >= 0.3 is 0 Å². The highest BCUT2D eigenvalue weighted by molar-refractivity contribution is 7.90. The number of nitrogens with zero attached hydrogens (tertiary/aromatic N) is 1. The molecule has 184 valence electrons. The van der Waals surface area contributed by atoms with Crippen LogP contribution in [0.15, 0.2) is 83.9 Å². The van der Waals surface area contributed by atoms with Crippen molar-refractivity contribution in [3.8, 4) is 11.1 Å². The lowest BCUT2D eigenvalue weighted by Gasteiger charge is -2.39. The molecule has 6 nitrogen and oxygen atoms in total. The molecule has 3 aromatic rings. The fraction of sp³-hybridized carbons (Fsp3) is 0.296. The minimum Gasteiger partial charge on any atom is -0.457 e. The second-order valence-electron chi connectivity index (χ2n) is 9.09. The lowest BCUT2D eigenvalue weighted by atomic mass is 9.96. The van der Waals surface area contributed by atoms with E-state index in [1.54, 1.807) is 32.0 Å². The Morgan fingerprint density at radius 2 is 1.63 bits per heavy atom. The number of rotatable bonds is 7. The lowest BCUT2D eigenvalue weighted by molar-refractivity contribution is 0.0759. The van der Waals surface area contributed by atoms with E-state index in [1.807, 2.05) is 54.6 Å². The molecule has 0 radical (unpaired) electrons. The third-order valence-electron chi connectivity index (χ3n) is 6.16. The van der Waals surface area contributed by atoms with Crippen LogP contribution in [0.25, 0.3) is 11.1 Å². The molecule has 0 spiro atoms. The number of nitrogens with one attached hydrogen (secondary N) is 1. The average Bonchev–Trinajstić information content (AvgIpc) is 2.82. The molecule has 4 rings (SSSR count). The van der Waals surface area contributed by atoms with Gasteiger partial charge in [0.2, 0.25) is 10.0 Å². The van der Waals surface area contributed by atoms with Gasteiger partial charge in [-0.05, 0) is 49.4 Å². The lowest BCUT2D eigenvalue weighted by Crippen LogP contribution is -2.59. The Balaban J connectivity index is 1.56. The van der Waals surface area contributed by atoms with Crippen molar-refractivity contribution in [1.29, 1.82) is 0 Å². The van der Waals surface area contributed by atoms with Gasteiger partial charge < -0.3 is 9.84 Å². The molecule has 1 saturated heterocycles. The van der Waals surface area contributed by atoms with Crippen LogP contribution in [0.3, 0.4) is 0 Å². The van der Waals surface area contributed by atoms with Gasteiger partial charge in [-0.1, -0.05) is 72.8 Å². The average molecular weight is 497 g/mol. The monoisotopic (exact) mass is 496 g/mol. The van der Waals surface area contributed by atoms with Gasteiger partial charge in [-0.2, -0.15) is 0 Å². The van der Waals surface area contributed by atoms with Gasteiger partial charge in [-0.25, -0.2) is 22.5 Å². The van der Waals surface area contributed by atoms with Crippen molar-refractivity contribution >= 4 is 16.0 Å². The van der Waals surface area contributed by atoms with E-state index in [0.717, 1.165) is 16.7 Å². The number of hydrogen-bond donors (Lipinski definition) is 2. The summed E-state index contributed by atoms with van der Waals surface area (Å²) >= 11 is 0. The van der Waals surface area contributed by atoms with Gasteiger partial charge in [0.25, 0.3) is 6.02 Å². The predicted molar refractivity (Wildman–Crippen MR) is 135 cm³/mol. The van der Waals surface area contributed by atoms with E-state index in [1.165, 1.54) is 6.07 Å². The van der Waals surface area contributed by atoms with Crippen LogP contribution in [-0.2, 0) is 21.2 Å². The summed E-state index contributed by atoms with van der Waals surface area (Å²) in [6.45, 7) is 3.16. The third-order valence-corrected chi connectivity index (χ3v) is 8.10. The SMILES string of the molecule is CC1(C)OC(=N[C@@H](CCO)c2ccccc2F)NS(=O)(=O)C1Cc1ccc(-c2ccccc2)cc1. The van der Waals surface area contributed by atoms with Crippen molar-refractivity contribution in [2.45, 2.75) is 43.6 Å². The normalized spacial score (nSPS) is 20.6. The van der Waals surface area contributed by atoms with Gasteiger partial charge in [0.1, 0.15) is 16.7 Å². The number of aliphatic hydroxyl groups is 1. The second-order valence-corrected chi connectivity index (χ2v) is 11.0. The smallest absolute Gasteiger partial charge is 0.299 e. The highest BCUT2D eigenvalue weighted by atomic mass is 32.2. The maximum Gasteiger partial charge on any atom is 0.299 e. The molecule has 8 heteroatoms. The molecule has 0 amide bonds. The fourth-order valence-corrected chi connectivity index (χ4v) is 5.97. The summed E-state index contributed by atoms with van der Waals surface area (Å²) in [5, 5.41) is 8.58. The first-order valence-corrected chi connectivity index (χ1v) is 13.0. The number of hydrogen-bond acceptors (Lipinski definition) is 5. The number of aliphatic hydroxyl groups excluding tert-OH is 1. The highest BCUT2D eigenvalue weighted by Gasteiger charge is 2.47. The van der Waals surface area contributed by atoms with Crippen LogP contribution < -0.4 is 4.72 Å². The largest absolute Gasteiger partial charge is 0.457 e. The molecular formula is C27H29FN2O4S. The first kappa shape index (κ1) is 24.9. The molecule has 0 aliphatic carbocycles. The summed E-state index contributed by atoms with van der Waals surface area (Å²) in [6.07, 6.45) is 0.366. The van der Waals surface area contributed by atoms with E-state index in [0.29, 0.717) is 0 Å². The van der Waals surface area contributed by atoms with Crippen LogP contribution in [0.2, 0.25) is 0 Å². The summed E-state index contributed by atoms with van der Waals surface area (Å²) in [4.78, 5) is 4.34. The molecule has 1 aliphatic heterocycles. The van der Waals surface area contributed by atoms with Crippen molar-refractivity contribution in [2.75, 3.05) is 6.61 Å². The van der Waals surface area contributed by atoms with Crippen molar-refractivity contribution in [3.05, 3.63) is 95.8 Å². The summed E-state index contributed by atoms with van der Waals surface area (Å²) in [5.74, 6) is -0.481. The van der Waals surface area contributed by atoms with Crippen LogP contribution >= 0.6 is 0 Å². The van der Waals surface area contributed by atoms with Crippen molar-refractivity contribution < 1.29 is 22.7 Å². The molecular weight excluding hydrogens is 467 g/mol. The number of benzene rings is 3. The number of amidine groups is 1. The summed E-state index contributed by atoms with van der Waals surface area (Å²) in [7, 11) is -3.86. The molecule has 0 bridgehead atoms. The van der Waals surface area contributed by atoms with Crippen LogP contribution in [0.4, 0.5) is 4.39 Å². The highest BCUT2D eigenvalue weighted by Crippen LogP contribution is 2.31. The molecule has 0 aromatic heterocycles. The Hall–Kier alpha value is -3.23. The van der Waals surface area contributed by atoms with E-state index in [4.69, 9.17) is 4.74 Å². The van der Waals surface area contributed by atoms with E-state index in [2.05, 4.69) is 9.71 Å². The number of ether oxygens (including phenoxy) is 1. The van der Waals surface area contributed by atoms with Gasteiger partial charge in [-0.3, -0.25) is 0 Å². The zero-order valence-corrected chi connectivity index (χ0v) is 20.5. The molecule has 35 heavy (non-hydrogen) atoms. The minimum atomic E-state index is -3.86. The molecule has 0 saturated carbocycles. The van der Waals surface area contributed by atoms with Gasteiger partial charge in [-0.15, -0.1) is 0 Å². The number of aliphatic imine (C=N–C) groups is 1. The molecule has 1 heterocycles. The van der Waals surface area contributed by atoms with Crippen LogP contribution in [-0.4, -0.2) is 37.0 Å². The Labute approximate surface area is 205 Å². The maximum absolute atomic E-state index is 14.3. The Morgan fingerprint density at radius 3 is 2.26 bits per heavy atom. The molecule has 3 aromatic carbocycles. The minimum absolute atomic E-state index is 0.118. The second kappa shape index (κ2) is 10.2. The molecule has 2 N–H and O–H groups in total. The van der Waals surface area contributed by atoms with Crippen molar-refractivity contribution in [2.24, 2.45) is 4.99 Å². The molecule has 1 fully saturated rings. The zero-order chi connectivity index (χ0) is 25.1. The van der Waals surface area contributed by atoms with Crippen molar-refractivity contribution in [1.82, 2.24) is 4.72 Å². The summed E-state index contributed by atoms with van der Waals surface area (Å²) in [5.41, 5.74) is 2.16. The Bertz CT molecular complexity index is 1290. The van der Waals surface area contributed by atoms with Crippen molar-refractivity contribution in [3.63, 3.8) is 0 Å². The first-order chi connectivity index (χ1) is 16.7. The standard InChI is InChI=1S/C27H29FN2O4S/c1-27(2)25(18-19-12-14-21(15-13-19)20-8-4-3-5-9-20)35(32,33)30-26(34-27)29-24(16-17-31)22-10-6-7-11-23(22)28/h3-15,24-25,31H,16-18H2,1-2H3,(H,29,30)/t24-,25?/m0/s1. The maximum atomic E-state index is 14.3. The predicted octanol–water partition coefficient (Wildman–Crippen LogP) is 4.61.